The predicted octanol–water partition coefficient (Wildman–Crippen LogP) is 2.53. The molecule has 20 heavy (non-hydrogen) atoms. The summed E-state index contributed by atoms with van der Waals surface area (Å²) in [7, 11) is 1.85. The highest BCUT2D eigenvalue weighted by Gasteiger charge is 2.18. The molecule has 1 atom stereocenters. The van der Waals surface area contributed by atoms with Gasteiger partial charge in [-0.05, 0) is 17.7 Å². The van der Waals surface area contributed by atoms with E-state index in [1.54, 1.807) is 6.07 Å². The Balaban J connectivity index is 2.18. The van der Waals surface area contributed by atoms with Crippen LogP contribution in [0.2, 0.25) is 0 Å². The van der Waals surface area contributed by atoms with Gasteiger partial charge in [0.25, 0.3) is 0 Å². The molecular weight excluding hydrogens is 250 g/mol. The molecule has 0 aliphatic heterocycles. The number of para-hydroxylation sites is 1. The van der Waals surface area contributed by atoms with Gasteiger partial charge in [-0.1, -0.05) is 36.4 Å². The maximum atomic E-state index is 10.5. The van der Waals surface area contributed by atoms with Crippen LogP contribution in [0.1, 0.15) is 23.1 Å². The Bertz CT molecular complexity index is 800. The lowest BCUT2D eigenvalue weighted by molar-refractivity contribution is 0.207. The fourth-order valence-electron chi connectivity index (χ4n) is 2.35. The zero-order chi connectivity index (χ0) is 14.1. The summed E-state index contributed by atoms with van der Waals surface area (Å²) in [5.74, 6) is 0.536. The SMILES string of the molecule is Cn1c(C(O)c2ccccc2)nc2c(C#N)cccc21. The van der Waals surface area contributed by atoms with Crippen molar-refractivity contribution in [1.82, 2.24) is 9.55 Å². The molecule has 0 spiro atoms. The molecule has 1 aromatic heterocycles. The summed E-state index contributed by atoms with van der Waals surface area (Å²) in [5, 5.41) is 19.6. The maximum absolute atomic E-state index is 10.5. The van der Waals surface area contributed by atoms with E-state index in [4.69, 9.17) is 5.26 Å². The monoisotopic (exact) mass is 263 g/mol. The quantitative estimate of drug-likeness (QED) is 0.772. The van der Waals surface area contributed by atoms with E-state index in [2.05, 4.69) is 11.1 Å². The van der Waals surface area contributed by atoms with Crippen molar-refractivity contribution in [3.63, 3.8) is 0 Å². The van der Waals surface area contributed by atoms with Crippen LogP contribution in [0.25, 0.3) is 11.0 Å². The van der Waals surface area contributed by atoms with Gasteiger partial charge in [0.15, 0.2) is 0 Å². The van der Waals surface area contributed by atoms with Crippen molar-refractivity contribution < 1.29 is 5.11 Å². The molecule has 1 N–H and O–H groups in total. The molecule has 0 saturated heterocycles. The second-order valence-corrected chi connectivity index (χ2v) is 4.63. The Morgan fingerprint density at radius 3 is 2.60 bits per heavy atom. The van der Waals surface area contributed by atoms with Crippen LogP contribution in [-0.2, 0) is 7.05 Å². The predicted molar refractivity (Wildman–Crippen MR) is 75.9 cm³/mol. The van der Waals surface area contributed by atoms with E-state index in [0.717, 1.165) is 11.1 Å². The summed E-state index contributed by atoms with van der Waals surface area (Å²) in [6.45, 7) is 0. The Labute approximate surface area is 116 Å². The lowest BCUT2D eigenvalue weighted by atomic mass is 10.1. The van der Waals surface area contributed by atoms with Gasteiger partial charge in [-0.2, -0.15) is 5.26 Å². The number of aliphatic hydroxyl groups is 1. The molecule has 2 aromatic carbocycles. The van der Waals surface area contributed by atoms with Crippen molar-refractivity contribution in [3.8, 4) is 6.07 Å². The fourth-order valence-corrected chi connectivity index (χ4v) is 2.35. The number of nitrogens with zero attached hydrogens (tertiary/aromatic N) is 3. The first kappa shape index (κ1) is 12.4. The summed E-state index contributed by atoms with van der Waals surface area (Å²) < 4.78 is 1.83. The van der Waals surface area contributed by atoms with Gasteiger partial charge in [0.05, 0.1) is 11.1 Å². The summed E-state index contributed by atoms with van der Waals surface area (Å²) in [6, 6.07) is 16.9. The molecule has 4 heteroatoms. The third-order valence-electron chi connectivity index (χ3n) is 3.43. The summed E-state index contributed by atoms with van der Waals surface area (Å²) >= 11 is 0. The van der Waals surface area contributed by atoms with Crippen molar-refractivity contribution in [2.24, 2.45) is 7.05 Å². The minimum Gasteiger partial charge on any atom is -0.380 e. The average molecular weight is 263 g/mol. The minimum absolute atomic E-state index is 0.518. The zero-order valence-electron chi connectivity index (χ0n) is 11.0. The molecule has 0 aliphatic rings. The number of rotatable bonds is 2. The highest BCUT2D eigenvalue weighted by atomic mass is 16.3. The largest absolute Gasteiger partial charge is 0.380 e. The first-order chi connectivity index (χ1) is 9.72. The second-order valence-electron chi connectivity index (χ2n) is 4.63. The van der Waals surface area contributed by atoms with Gasteiger partial charge >= 0.3 is 0 Å². The average Bonchev–Trinajstić information content (AvgIpc) is 2.85. The van der Waals surface area contributed by atoms with Crippen molar-refractivity contribution in [1.29, 1.82) is 5.26 Å². The first-order valence-electron chi connectivity index (χ1n) is 6.31. The molecule has 0 radical (unpaired) electrons. The summed E-state index contributed by atoms with van der Waals surface area (Å²) in [4.78, 5) is 4.45. The van der Waals surface area contributed by atoms with Crippen LogP contribution >= 0.6 is 0 Å². The standard InChI is InChI=1S/C16H13N3O/c1-19-13-9-5-8-12(10-17)14(13)18-16(19)15(20)11-6-3-2-4-7-11/h2-9,15,20H,1H3. The van der Waals surface area contributed by atoms with E-state index < -0.39 is 6.10 Å². The fraction of sp³-hybridized carbons (Fsp3) is 0.125. The number of imidazole rings is 1. The van der Waals surface area contributed by atoms with Gasteiger partial charge in [-0.3, -0.25) is 0 Å². The molecule has 1 heterocycles. The number of fused-ring (bicyclic) bond motifs is 1. The normalized spacial score (nSPS) is 12.2. The van der Waals surface area contributed by atoms with Crippen LogP contribution in [0, 0.1) is 11.3 Å². The highest BCUT2D eigenvalue weighted by molar-refractivity contribution is 5.82. The van der Waals surface area contributed by atoms with E-state index in [0.29, 0.717) is 16.9 Å². The molecule has 3 rings (SSSR count). The number of hydrogen-bond acceptors (Lipinski definition) is 3. The second kappa shape index (κ2) is 4.80. The lowest BCUT2D eigenvalue weighted by Gasteiger charge is -2.10. The molecule has 98 valence electrons. The molecule has 3 aromatic rings. The molecule has 4 nitrogen and oxygen atoms in total. The van der Waals surface area contributed by atoms with Crippen LogP contribution in [0.4, 0.5) is 0 Å². The first-order valence-corrected chi connectivity index (χ1v) is 6.31. The van der Waals surface area contributed by atoms with Gasteiger partial charge in [-0.25, -0.2) is 4.98 Å². The smallest absolute Gasteiger partial charge is 0.143 e. The maximum Gasteiger partial charge on any atom is 0.143 e. The lowest BCUT2D eigenvalue weighted by Crippen LogP contribution is -2.06. The molecular formula is C16H13N3O. The number of aryl methyl sites for hydroxylation is 1. The van der Waals surface area contributed by atoms with E-state index in [1.807, 2.05) is 54.1 Å². The number of aromatic nitrogens is 2. The number of hydrogen-bond donors (Lipinski definition) is 1. The van der Waals surface area contributed by atoms with Gasteiger partial charge in [0.1, 0.15) is 23.5 Å². The molecule has 0 aliphatic carbocycles. The van der Waals surface area contributed by atoms with Crippen molar-refractivity contribution in [3.05, 3.63) is 65.5 Å². The number of benzene rings is 2. The van der Waals surface area contributed by atoms with E-state index in [9.17, 15) is 5.11 Å². The van der Waals surface area contributed by atoms with E-state index in [1.165, 1.54) is 0 Å². The Hall–Kier alpha value is -2.64. The Morgan fingerprint density at radius 1 is 1.15 bits per heavy atom. The summed E-state index contributed by atoms with van der Waals surface area (Å²) in [5.41, 5.74) is 2.77. The highest BCUT2D eigenvalue weighted by Crippen LogP contribution is 2.26. The molecule has 0 bridgehead atoms. The van der Waals surface area contributed by atoms with Crippen LogP contribution in [0.15, 0.2) is 48.5 Å². The third-order valence-corrected chi connectivity index (χ3v) is 3.43. The minimum atomic E-state index is -0.805. The zero-order valence-corrected chi connectivity index (χ0v) is 11.0. The number of nitriles is 1. The van der Waals surface area contributed by atoms with Gasteiger partial charge < -0.3 is 9.67 Å². The van der Waals surface area contributed by atoms with Crippen LogP contribution < -0.4 is 0 Å². The summed E-state index contributed by atoms with van der Waals surface area (Å²) in [6.07, 6.45) is -0.805. The Morgan fingerprint density at radius 2 is 1.90 bits per heavy atom. The van der Waals surface area contributed by atoms with Gasteiger partial charge in [0.2, 0.25) is 0 Å². The van der Waals surface area contributed by atoms with E-state index in [-0.39, 0.29) is 0 Å². The van der Waals surface area contributed by atoms with Crippen LogP contribution in [-0.4, -0.2) is 14.7 Å². The molecule has 0 saturated carbocycles. The van der Waals surface area contributed by atoms with Crippen molar-refractivity contribution in [2.45, 2.75) is 6.10 Å². The molecule has 0 fully saturated rings. The number of aliphatic hydroxyl groups excluding tert-OH is 1. The van der Waals surface area contributed by atoms with Crippen LogP contribution in [0.5, 0.6) is 0 Å². The van der Waals surface area contributed by atoms with Gasteiger partial charge in [-0.15, -0.1) is 0 Å². The third kappa shape index (κ3) is 1.85. The molecule has 0 amide bonds. The molecule has 1 unspecified atom stereocenters. The van der Waals surface area contributed by atoms with Gasteiger partial charge in [0, 0.05) is 7.05 Å². The topological polar surface area (TPSA) is 61.8 Å². The Kier molecular flexibility index (Phi) is 2.97. The van der Waals surface area contributed by atoms with Crippen molar-refractivity contribution >= 4 is 11.0 Å². The van der Waals surface area contributed by atoms with Crippen molar-refractivity contribution in [2.75, 3.05) is 0 Å². The van der Waals surface area contributed by atoms with E-state index >= 15 is 0 Å². The van der Waals surface area contributed by atoms with Crippen LogP contribution in [0.3, 0.4) is 0 Å².